The Hall–Kier alpha value is -4.45. The molecule has 0 unspecified atom stereocenters. The number of carbonyl (C=O) groups excluding carboxylic acids is 2. The maximum absolute atomic E-state index is 13.8. The number of rotatable bonds is 10. The summed E-state index contributed by atoms with van der Waals surface area (Å²) in [7, 11) is 1.58. The normalized spacial score (nSPS) is 11.4. The Labute approximate surface area is 216 Å². The molecule has 5 nitrogen and oxygen atoms in total. The van der Waals surface area contributed by atoms with Crippen LogP contribution in [0.15, 0.2) is 109 Å². The van der Waals surface area contributed by atoms with Crippen molar-refractivity contribution >= 4 is 11.8 Å². The number of nitrogens with one attached hydrogen (secondary N) is 1. The quantitative estimate of drug-likeness (QED) is 0.317. The van der Waals surface area contributed by atoms with Crippen molar-refractivity contribution < 1.29 is 18.7 Å². The van der Waals surface area contributed by atoms with E-state index in [0.717, 1.165) is 16.7 Å². The van der Waals surface area contributed by atoms with Gasteiger partial charge in [-0.05, 0) is 34.9 Å². The lowest BCUT2D eigenvalue weighted by molar-refractivity contribution is -0.141. The molecule has 2 amide bonds. The molecule has 0 aliphatic rings. The molecule has 0 radical (unpaired) electrons. The summed E-state index contributed by atoms with van der Waals surface area (Å²) < 4.78 is 19.0. The zero-order chi connectivity index (χ0) is 26.0. The van der Waals surface area contributed by atoms with Gasteiger partial charge in [0.15, 0.2) is 0 Å². The van der Waals surface area contributed by atoms with E-state index >= 15 is 0 Å². The van der Waals surface area contributed by atoms with E-state index < -0.39 is 6.04 Å². The number of halogens is 1. The molecule has 4 aromatic rings. The largest absolute Gasteiger partial charge is 0.496 e. The number of benzene rings is 4. The molecule has 1 N–H and O–H groups in total. The molecule has 4 rings (SSSR count). The van der Waals surface area contributed by atoms with E-state index in [1.165, 1.54) is 12.1 Å². The van der Waals surface area contributed by atoms with Crippen molar-refractivity contribution in [3.05, 3.63) is 137 Å². The van der Waals surface area contributed by atoms with E-state index in [2.05, 4.69) is 5.32 Å². The highest BCUT2D eigenvalue weighted by molar-refractivity contribution is 5.89. The molecule has 188 valence electrons. The number of ether oxygens (including phenoxy) is 1. The Morgan fingerprint density at radius 3 is 2.11 bits per heavy atom. The zero-order valence-electron chi connectivity index (χ0n) is 20.6. The molecule has 37 heavy (non-hydrogen) atoms. The minimum Gasteiger partial charge on any atom is -0.496 e. The summed E-state index contributed by atoms with van der Waals surface area (Å²) in [6.07, 6.45) is 0.130. The monoisotopic (exact) mass is 496 g/mol. The van der Waals surface area contributed by atoms with Crippen molar-refractivity contribution in [2.75, 3.05) is 7.11 Å². The van der Waals surface area contributed by atoms with Gasteiger partial charge < -0.3 is 15.0 Å². The Morgan fingerprint density at radius 1 is 0.811 bits per heavy atom. The first-order valence-corrected chi connectivity index (χ1v) is 12.1. The Bertz CT molecular complexity index is 1310. The maximum atomic E-state index is 13.8. The van der Waals surface area contributed by atoms with E-state index in [1.807, 2.05) is 84.9 Å². The standard InChI is InChI=1S/C31H29FN2O3/c1-37-28-15-9-8-14-26(28)21-33-31(36)30(25-12-6-3-7-13-25)34(22-24-16-18-27(32)19-17-24)29(35)20-23-10-4-2-5-11-23/h2-19,30H,20-22H2,1H3,(H,33,36)/t30-/m0/s1. The molecule has 0 saturated carbocycles. The van der Waals surface area contributed by atoms with Gasteiger partial charge >= 0.3 is 0 Å². The third kappa shape index (κ3) is 6.82. The Balaban J connectivity index is 1.67. The van der Waals surface area contributed by atoms with Gasteiger partial charge in [0.2, 0.25) is 11.8 Å². The number of hydrogen-bond donors (Lipinski definition) is 1. The predicted molar refractivity (Wildman–Crippen MR) is 141 cm³/mol. The van der Waals surface area contributed by atoms with Crippen molar-refractivity contribution in [3.8, 4) is 5.75 Å². The molecule has 0 aliphatic carbocycles. The summed E-state index contributed by atoms with van der Waals surface area (Å²) in [5.41, 5.74) is 3.08. The summed E-state index contributed by atoms with van der Waals surface area (Å²) in [6, 6.07) is 31.2. The van der Waals surface area contributed by atoms with Gasteiger partial charge in [0.05, 0.1) is 13.5 Å². The smallest absolute Gasteiger partial charge is 0.247 e. The molecular weight excluding hydrogens is 467 g/mol. The summed E-state index contributed by atoms with van der Waals surface area (Å²) in [4.78, 5) is 29.0. The van der Waals surface area contributed by atoms with Gasteiger partial charge in [0, 0.05) is 18.7 Å². The first-order chi connectivity index (χ1) is 18.0. The summed E-state index contributed by atoms with van der Waals surface area (Å²) in [5, 5.41) is 2.99. The number of carbonyl (C=O) groups is 2. The van der Waals surface area contributed by atoms with Gasteiger partial charge in [-0.1, -0.05) is 91.0 Å². The highest BCUT2D eigenvalue weighted by Gasteiger charge is 2.31. The fourth-order valence-corrected chi connectivity index (χ4v) is 4.22. The van der Waals surface area contributed by atoms with Crippen molar-refractivity contribution in [2.24, 2.45) is 0 Å². The highest BCUT2D eigenvalue weighted by atomic mass is 19.1. The molecular formula is C31H29FN2O3. The molecule has 0 aromatic heterocycles. The van der Waals surface area contributed by atoms with Gasteiger partial charge in [0.25, 0.3) is 0 Å². The van der Waals surface area contributed by atoms with E-state index in [9.17, 15) is 14.0 Å². The average molecular weight is 497 g/mol. The molecule has 0 fully saturated rings. The third-order valence-electron chi connectivity index (χ3n) is 6.11. The Kier molecular flexibility index (Phi) is 8.66. The lowest BCUT2D eigenvalue weighted by atomic mass is 10.0. The molecule has 6 heteroatoms. The second-order valence-electron chi connectivity index (χ2n) is 8.65. The van der Waals surface area contributed by atoms with E-state index in [1.54, 1.807) is 24.1 Å². The minimum atomic E-state index is -0.892. The van der Waals surface area contributed by atoms with Crippen LogP contribution in [0.5, 0.6) is 5.75 Å². The van der Waals surface area contributed by atoms with Crippen LogP contribution in [0.2, 0.25) is 0 Å². The first-order valence-electron chi connectivity index (χ1n) is 12.1. The van der Waals surface area contributed by atoms with Crippen LogP contribution in [0, 0.1) is 5.82 Å². The molecule has 0 bridgehead atoms. The molecule has 4 aromatic carbocycles. The zero-order valence-corrected chi connectivity index (χ0v) is 20.6. The summed E-state index contributed by atoms with van der Waals surface area (Å²) >= 11 is 0. The van der Waals surface area contributed by atoms with Crippen LogP contribution in [-0.2, 0) is 29.1 Å². The first kappa shape index (κ1) is 25.6. The fourth-order valence-electron chi connectivity index (χ4n) is 4.22. The minimum absolute atomic E-state index is 0.130. The van der Waals surface area contributed by atoms with Crippen molar-refractivity contribution in [1.82, 2.24) is 10.2 Å². The van der Waals surface area contributed by atoms with Gasteiger partial charge in [-0.3, -0.25) is 9.59 Å². The molecule has 0 saturated heterocycles. The number of nitrogens with zero attached hydrogens (tertiary/aromatic N) is 1. The molecule has 1 atom stereocenters. The van der Waals surface area contributed by atoms with Gasteiger partial charge in [0.1, 0.15) is 17.6 Å². The number of amides is 2. The van der Waals surface area contributed by atoms with E-state index in [-0.39, 0.29) is 37.1 Å². The van der Waals surface area contributed by atoms with Crippen LogP contribution in [0.4, 0.5) is 4.39 Å². The van der Waals surface area contributed by atoms with Gasteiger partial charge in [-0.15, -0.1) is 0 Å². The lowest BCUT2D eigenvalue weighted by Crippen LogP contribution is -2.43. The van der Waals surface area contributed by atoms with Crippen LogP contribution < -0.4 is 10.1 Å². The van der Waals surface area contributed by atoms with Crippen LogP contribution in [-0.4, -0.2) is 23.8 Å². The lowest BCUT2D eigenvalue weighted by Gasteiger charge is -2.32. The van der Waals surface area contributed by atoms with Crippen molar-refractivity contribution in [1.29, 1.82) is 0 Å². The highest BCUT2D eigenvalue weighted by Crippen LogP contribution is 2.26. The molecule has 0 spiro atoms. The fraction of sp³-hybridized carbons (Fsp3) is 0.161. The summed E-state index contributed by atoms with van der Waals surface area (Å²) in [6.45, 7) is 0.386. The van der Waals surface area contributed by atoms with Crippen LogP contribution in [0.3, 0.4) is 0 Å². The van der Waals surface area contributed by atoms with Crippen molar-refractivity contribution in [3.63, 3.8) is 0 Å². The number of para-hydroxylation sites is 1. The van der Waals surface area contributed by atoms with Crippen molar-refractivity contribution in [2.45, 2.75) is 25.6 Å². The van der Waals surface area contributed by atoms with Gasteiger partial charge in [-0.25, -0.2) is 4.39 Å². The van der Waals surface area contributed by atoms with Gasteiger partial charge in [-0.2, -0.15) is 0 Å². The average Bonchev–Trinajstić information content (AvgIpc) is 2.94. The van der Waals surface area contributed by atoms with E-state index in [0.29, 0.717) is 11.3 Å². The molecule has 0 aliphatic heterocycles. The molecule has 0 heterocycles. The Morgan fingerprint density at radius 2 is 1.43 bits per heavy atom. The second kappa shape index (κ2) is 12.5. The van der Waals surface area contributed by atoms with Crippen LogP contribution >= 0.6 is 0 Å². The SMILES string of the molecule is COc1ccccc1CNC(=O)[C@H](c1ccccc1)N(Cc1ccc(F)cc1)C(=O)Cc1ccccc1. The van der Waals surface area contributed by atoms with Crippen LogP contribution in [0.1, 0.15) is 28.3 Å². The predicted octanol–water partition coefficient (Wildman–Crippen LogP) is 5.46. The number of hydrogen-bond acceptors (Lipinski definition) is 3. The number of methoxy groups -OCH3 is 1. The second-order valence-corrected chi connectivity index (χ2v) is 8.65. The maximum Gasteiger partial charge on any atom is 0.247 e. The summed E-state index contributed by atoms with van der Waals surface area (Å²) in [5.74, 6) is -0.222. The third-order valence-corrected chi connectivity index (χ3v) is 6.11. The van der Waals surface area contributed by atoms with E-state index in [4.69, 9.17) is 4.74 Å². The van der Waals surface area contributed by atoms with Crippen LogP contribution in [0.25, 0.3) is 0 Å². The topological polar surface area (TPSA) is 58.6 Å².